The quantitative estimate of drug-likeness (QED) is 0.0293. The monoisotopic (exact) mass is 1050 g/mol. The molecule has 10 heteroatoms. The third-order valence-electron chi connectivity index (χ3n) is 16.3. The minimum absolute atomic E-state index is 0.249. The first kappa shape index (κ1) is 71.2. The summed E-state index contributed by atoms with van der Waals surface area (Å²) in [5, 5.41) is 65.6. The van der Waals surface area contributed by atoms with Gasteiger partial charge in [0.05, 0.1) is 25.4 Å². The molecule has 0 radical (unpaired) electrons. The molecule has 442 valence electrons. The summed E-state index contributed by atoms with van der Waals surface area (Å²) in [6.07, 6.45) is 55.9. The fraction of sp³-hybridized carbons (Fsp3) is 0.984. The van der Waals surface area contributed by atoms with E-state index in [2.05, 4.69) is 19.2 Å². The lowest BCUT2D eigenvalue weighted by molar-refractivity contribution is -0.303. The van der Waals surface area contributed by atoms with Crippen LogP contribution in [0.25, 0.3) is 0 Å². The Morgan fingerprint density at radius 1 is 0.419 bits per heavy atom. The first-order chi connectivity index (χ1) is 36.3. The Hall–Kier alpha value is -0.850. The molecule has 1 amide bonds. The molecule has 1 rings (SSSR count). The van der Waals surface area contributed by atoms with Crippen LogP contribution in [-0.2, 0) is 14.3 Å². The van der Waals surface area contributed by atoms with Crippen molar-refractivity contribution in [2.45, 2.75) is 390 Å². The second kappa shape index (κ2) is 54.1. The average molecular weight is 1050 g/mol. The van der Waals surface area contributed by atoms with Crippen molar-refractivity contribution in [2.24, 2.45) is 0 Å². The van der Waals surface area contributed by atoms with Crippen molar-refractivity contribution in [1.29, 1.82) is 0 Å². The van der Waals surface area contributed by atoms with Gasteiger partial charge in [0.15, 0.2) is 6.29 Å². The van der Waals surface area contributed by atoms with Gasteiger partial charge in [-0.3, -0.25) is 4.79 Å². The third kappa shape index (κ3) is 42.1. The van der Waals surface area contributed by atoms with Gasteiger partial charge < -0.3 is 45.4 Å². The fourth-order valence-electron chi connectivity index (χ4n) is 11.1. The van der Waals surface area contributed by atoms with E-state index in [4.69, 9.17) is 9.47 Å². The number of carbonyl (C=O) groups is 1. The summed E-state index contributed by atoms with van der Waals surface area (Å²) in [4.78, 5) is 13.1. The number of rotatable bonds is 58. The summed E-state index contributed by atoms with van der Waals surface area (Å²) in [5.41, 5.74) is 0. The minimum atomic E-state index is -1.60. The van der Waals surface area contributed by atoms with E-state index in [0.29, 0.717) is 6.42 Å². The molecular weight excluding hydrogens is 927 g/mol. The fourth-order valence-corrected chi connectivity index (χ4v) is 11.1. The zero-order valence-corrected chi connectivity index (χ0v) is 49.0. The van der Waals surface area contributed by atoms with Crippen LogP contribution in [0.2, 0.25) is 0 Å². The molecule has 8 atom stereocenters. The lowest BCUT2D eigenvalue weighted by Crippen LogP contribution is -2.60. The Morgan fingerprint density at radius 3 is 1.00 bits per heavy atom. The van der Waals surface area contributed by atoms with E-state index < -0.39 is 55.6 Å². The molecule has 0 aromatic rings. The zero-order chi connectivity index (χ0) is 53.8. The van der Waals surface area contributed by atoms with Gasteiger partial charge in [-0.15, -0.1) is 0 Å². The molecule has 2 unspecified atom stereocenters. The Labute approximate surface area is 457 Å². The van der Waals surface area contributed by atoms with E-state index in [0.717, 1.165) is 38.5 Å². The highest BCUT2D eigenvalue weighted by molar-refractivity contribution is 5.76. The molecule has 0 bridgehead atoms. The first-order valence-corrected chi connectivity index (χ1v) is 32.8. The van der Waals surface area contributed by atoms with Gasteiger partial charge in [0.2, 0.25) is 5.91 Å². The number of nitrogens with one attached hydrogen (secondary N) is 1. The van der Waals surface area contributed by atoms with Crippen LogP contribution in [0.3, 0.4) is 0 Å². The number of ether oxygens (including phenoxy) is 2. The SMILES string of the molecule is CCCCCCCCCCCCCCCCCCCCCCCCCCCCCCCCCCCCCC(=O)N[C@@H](CO[C@@H]1O[C@H](CO)[C@@H](O)C(O)C1O)[C@H](O)[C@H](O)CCCCCCCCCCCCCCCC. The summed E-state index contributed by atoms with van der Waals surface area (Å²) in [6, 6.07) is -0.987. The van der Waals surface area contributed by atoms with Crippen molar-refractivity contribution >= 4 is 5.91 Å². The standard InChI is InChI=1S/C64H127NO9/c1-3-5-7-9-11-13-15-17-19-20-21-22-23-24-25-26-27-28-29-30-31-32-33-34-35-36-37-38-39-41-43-45-47-49-51-53-59(68)65-56(55-73-64-63(72)62(71)61(70)58(54-66)74-64)60(69)57(67)52-50-48-46-44-42-40-18-16-14-12-10-8-6-4-2/h56-58,60-64,66-67,69-72H,3-55H2,1-2H3,(H,65,68)/t56-,57+,58+,60-,61+,62?,63?,64+/m0/s1. The van der Waals surface area contributed by atoms with Crippen LogP contribution in [0.15, 0.2) is 0 Å². The Morgan fingerprint density at radius 2 is 0.703 bits per heavy atom. The maximum absolute atomic E-state index is 13.1. The highest BCUT2D eigenvalue weighted by Crippen LogP contribution is 2.24. The number of aliphatic hydroxyl groups excluding tert-OH is 6. The summed E-state index contributed by atoms with van der Waals surface area (Å²) >= 11 is 0. The Balaban J connectivity index is 2.08. The minimum Gasteiger partial charge on any atom is -0.394 e. The van der Waals surface area contributed by atoms with Crippen LogP contribution in [0.1, 0.15) is 341 Å². The number of hydrogen-bond donors (Lipinski definition) is 7. The van der Waals surface area contributed by atoms with E-state index >= 15 is 0 Å². The summed E-state index contributed by atoms with van der Waals surface area (Å²) in [5.74, 6) is -0.249. The number of amides is 1. The maximum atomic E-state index is 13.1. The van der Waals surface area contributed by atoms with E-state index in [1.165, 1.54) is 276 Å². The lowest BCUT2D eigenvalue weighted by Gasteiger charge is -2.40. The van der Waals surface area contributed by atoms with Crippen LogP contribution in [-0.4, -0.2) is 98.7 Å². The van der Waals surface area contributed by atoms with Crippen molar-refractivity contribution < 1.29 is 44.9 Å². The van der Waals surface area contributed by atoms with Gasteiger partial charge in [0.25, 0.3) is 0 Å². The van der Waals surface area contributed by atoms with Crippen LogP contribution < -0.4 is 5.32 Å². The van der Waals surface area contributed by atoms with E-state index in [9.17, 15) is 35.4 Å². The summed E-state index contributed by atoms with van der Waals surface area (Å²) in [6.45, 7) is 3.66. The second-order valence-electron chi connectivity index (χ2n) is 23.4. The Kier molecular flexibility index (Phi) is 52.0. The van der Waals surface area contributed by atoms with E-state index in [1.54, 1.807) is 0 Å². The van der Waals surface area contributed by atoms with Crippen LogP contribution in [0.5, 0.6) is 0 Å². The molecule has 1 fully saturated rings. The number of hydrogen-bond acceptors (Lipinski definition) is 9. The van der Waals surface area contributed by atoms with Crippen molar-refractivity contribution in [1.82, 2.24) is 5.32 Å². The number of carbonyl (C=O) groups excluding carboxylic acids is 1. The lowest BCUT2D eigenvalue weighted by atomic mass is 9.98. The van der Waals surface area contributed by atoms with Gasteiger partial charge >= 0.3 is 0 Å². The first-order valence-electron chi connectivity index (χ1n) is 32.8. The van der Waals surface area contributed by atoms with Crippen molar-refractivity contribution in [3.8, 4) is 0 Å². The number of aliphatic hydroxyl groups is 6. The summed E-state index contributed by atoms with van der Waals surface area (Å²) in [7, 11) is 0. The Bertz CT molecular complexity index is 1150. The van der Waals surface area contributed by atoms with E-state index in [-0.39, 0.29) is 18.9 Å². The van der Waals surface area contributed by atoms with Gasteiger partial charge in [0, 0.05) is 6.42 Å². The van der Waals surface area contributed by atoms with Gasteiger partial charge in [0.1, 0.15) is 30.5 Å². The van der Waals surface area contributed by atoms with Crippen LogP contribution in [0, 0.1) is 0 Å². The molecule has 0 aliphatic carbocycles. The molecule has 0 aromatic carbocycles. The normalized spacial score (nSPS) is 19.3. The molecule has 7 N–H and O–H groups in total. The van der Waals surface area contributed by atoms with Gasteiger partial charge in [-0.25, -0.2) is 0 Å². The molecule has 10 nitrogen and oxygen atoms in total. The summed E-state index contributed by atoms with van der Waals surface area (Å²) < 4.78 is 11.2. The molecule has 1 heterocycles. The smallest absolute Gasteiger partial charge is 0.220 e. The van der Waals surface area contributed by atoms with Gasteiger partial charge in [-0.2, -0.15) is 0 Å². The molecule has 74 heavy (non-hydrogen) atoms. The highest BCUT2D eigenvalue weighted by Gasteiger charge is 2.44. The third-order valence-corrected chi connectivity index (χ3v) is 16.3. The molecule has 0 aromatic heterocycles. The molecule has 1 aliphatic rings. The molecule has 0 saturated carbocycles. The second-order valence-corrected chi connectivity index (χ2v) is 23.4. The van der Waals surface area contributed by atoms with Crippen molar-refractivity contribution in [3.63, 3.8) is 0 Å². The zero-order valence-electron chi connectivity index (χ0n) is 49.0. The largest absolute Gasteiger partial charge is 0.394 e. The highest BCUT2D eigenvalue weighted by atomic mass is 16.7. The van der Waals surface area contributed by atoms with E-state index in [1.807, 2.05) is 0 Å². The molecular formula is C64H127NO9. The van der Waals surface area contributed by atoms with Crippen molar-refractivity contribution in [2.75, 3.05) is 13.2 Å². The van der Waals surface area contributed by atoms with Crippen LogP contribution in [0.4, 0.5) is 0 Å². The maximum Gasteiger partial charge on any atom is 0.220 e. The number of unbranched alkanes of at least 4 members (excludes halogenated alkanes) is 47. The topological polar surface area (TPSA) is 169 Å². The van der Waals surface area contributed by atoms with Gasteiger partial charge in [-0.05, 0) is 12.8 Å². The molecule has 1 aliphatic heterocycles. The molecule has 1 saturated heterocycles. The van der Waals surface area contributed by atoms with Crippen molar-refractivity contribution in [3.05, 3.63) is 0 Å². The van der Waals surface area contributed by atoms with Crippen LogP contribution >= 0.6 is 0 Å². The molecule has 0 spiro atoms. The average Bonchev–Trinajstić information content (AvgIpc) is 3.40. The predicted molar refractivity (Wildman–Crippen MR) is 310 cm³/mol. The predicted octanol–water partition coefficient (Wildman–Crippen LogP) is 15.9. The van der Waals surface area contributed by atoms with Gasteiger partial charge in [-0.1, -0.05) is 322 Å².